The van der Waals surface area contributed by atoms with Crippen LogP contribution in [0.15, 0.2) is 12.1 Å². The molecule has 1 aromatic rings. The Labute approximate surface area is 137 Å². The number of benzene rings is 1. The van der Waals surface area contributed by atoms with E-state index in [-0.39, 0.29) is 0 Å². The Kier molecular flexibility index (Phi) is 3.94. The summed E-state index contributed by atoms with van der Waals surface area (Å²) >= 11 is 0. The minimum atomic E-state index is 0.453. The standard InChI is InChI=1S/C22H34/c1-15-9-19-17(13-21(3,4)11-15)7-8-18-14-22(5,6)12-16(2)10-20(18)19/h7-8,15-16H,9-14H2,1-6H3. The fourth-order valence-corrected chi connectivity index (χ4v) is 5.53. The van der Waals surface area contributed by atoms with Gasteiger partial charge < -0.3 is 0 Å². The molecule has 0 saturated heterocycles. The van der Waals surface area contributed by atoms with Crippen molar-refractivity contribution in [2.45, 2.75) is 80.1 Å². The fourth-order valence-electron chi connectivity index (χ4n) is 5.53. The first-order valence-electron chi connectivity index (χ1n) is 9.28. The lowest BCUT2D eigenvalue weighted by molar-refractivity contribution is 0.284. The molecular formula is C22H34. The summed E-state index contributed by atoms with van der Waals surface area (Å²) in [4.78, 5) is 0. The predicted octanol–water partition coefficient (Wildman–Crippen LogP) is 5.99. The maximum atomic E-state index is 2.47. The molecule has 2 aliphatic rings. The predicted molar refractivity (Wildman–Crippen MR) is 96.4 cm³/mol. The van der Waals surface area contributed by atoms with Crippen LogP contribution in [0.1, 0.15) is 76.6 Å². The van der Waals surface area contributed by atoms with Gasteiger partial charge >= 0.3 is 0 Å². The van der Waals surface area contributed by atoms with E-state index in [4.69, 9.17) is 0 Å². The van der Waals surface area contributed by atoms with Crippen molar-refractivity contribution < 1.29 is 0 Å². The van der Waals surface area contributed by atoms with Gasteiger partial charge in [-0.25, -0.2) is 0 Å². The summed E-state index contributed by atoms with van der Waals surface area (Å²) in [7, 11) is 0. The molecule has 0 nitrogen and oxygen atoms in total. The van der Waals surface area contributed by atoms with E-state index in [0.29, 0.717) is 10.8 Å². The third kappa shape index (κ3) is 3.26. The molecule has 0 bridgehead atoms. The number of hydrogen-bond donors (Lipinski definition) is 0. The van der Waals surface area contributed by atoms with Gasteiger partial charge in [0.15, 0.2) is 0 Å². The van der Waals surface area contributed by atoms with Gasteiger partial charge in [0.1, 0.15) is 0 Å². The zero-order chi connectivity index (χ0) is 16.1. The van der Waals surface area contributed by atoms with Gasteiger partial charge in [0.05, 0.1) is 0 Å². The van der Waals surface area contributed by atoms with Crippen molar-refractivity contribution >= 4 is 0 Å². The highest BCUT2D eigenvalue weighted by molar-refractivity contribution is 5.44. The second kappa shape index (κ2) is 5.39. The van der Waals surface area contributed by atoms with E-state index in [2.05, 4.69) is 53.7 Å². The maximum absolute atomic E-state index is 2.47. The van der Waals surface area contributed by atoms with E-state index in [9.17, 15) is 0 Å². The monoisotopic (exact) mass is 298 g/mol. The first kappa shape index (κ1) is 16.1. The molecule has 122 valence electrons. The Balaban J connectivity index is 2.09. The molecular weight excluding hydrogens is 264 g/mol. The zero-order valence-electron chi connectivity index (χ0n) is 15.6. The van der Waals surface area contributed by atoms with Gasteiger partial charge in [-0.2, -0.15) is 0 Å². The molecule has 3 rings (SSSR count). The average Bonchev–Trinajstić information content (AvgIpc) is 2.52. The number of fused-ring (bicyclic) bond motifs is 3. The first-order valence-corrected chi connectivity index (χ1v) is 9.28. The summed E-state index contributed by atoms with van der Waals surface area (Å²) in [6.07, 6.45) is 7.84. The second-order valence-electron chi connectivity index (χ2n) is 10.0. The average molecular weight is 299 g/mol. The van der Waals surface area contributed by atoms with Crippen LogP contribution in [0.4, 0.5) is 0 Å². The highest BCUT2D eigenvalue weighted by atomic mass is 14.4. The highest BCUT2D eigenvalue weighted by Crippen LogP contribution is 2.42. The quantitative estimate of drug-likeness (QED) is 0.516. The van der Waals surface area contributed by atoms with E-state index in [1.807, 2.05) is 0 Å². The van der Waals surface area contributed by atoms with Crippen molar-refractivity contribution in [1.82, 2.24) is 0 Å². The van der Waals surface area contributed by atoms with Crippen molar-refractivity contribution in [2.75, 3.05) is 0 Å². The summed E-state index contributed by atoms with van der Waals surface area (Å²) in [5.74, 6) is 1.63. The van der Waals surface area contributed by atoms with Gasteiger partial charge in [-0.05, 0) is 83.4 Å². The molecule has 22 heavy (non-hydrogen) atoms. The van der Waals surface area contributed by atoms with Gasteiger partial charge in [0.25, 0.3) is 0 Å². The summed E-state index contributed by atoms with van der Waals surface area (Å²) < 4.78 is 0. The van der Waals surface area contributed by atoms with Crippen LogP contribution in [0, 0.1) is 22.7 Å². The van der Waals surface area contributed by atoms with E-state index < -0.39 is 0 Å². The van der Waals surface area contributed by atoms with Crippen LogP contribution < -0.4 is 0 Å². The summed E-state index contributed by atoms with van der Waals surface area (Å²) in [6.45, 7) is 14.7. The molecule has 0 saturated carbocycles. The first-order chi connectivity index (χ1) is 10.2. The Morgan fingerprint density at radius 2 is 1.09 bits per heavy atom. The zero-order valence-corrected chi connectivity index (χ0v) is 15.6. The Morgan fingerprint density at radius 3 is 1.45 bits per heavy atom. The van der Waals surface area contributed by atoms with Crippen LogP contribution in [-0.4, -0.2) is 0 Å². The molecule has 0 aromatic heterocycles. The minimum absolute atomic E-state index is 0.453. The molecule has 0 spiro atoms. The van der Waals surface area contributed by atoms with E-state index in [1.165, 1.54) is 38.5 Å². The van der Waals surface area contributed by atoms with E-state index in [1.54, 1.807) is 22.3 Å². The molecule has 0 aliphatic heterocycles. The van der Waals surface area contributed by atoms with E-state index in [0.717, 1.165) is 11.8 Å². The number of rotatable bonds is 0. The molecule has 0 amide bonds. The van der Waals surface area contributed by atoms with Gasteiger partial charge in [0.2, 0.25) is 0 Å². The summed E-state index contributed by atoms with van der Waals surface area (Å²) in [5, 5.41) is 0. The normalized spacial score (nSPS) is 29.9. The topological polar surface area (TPSA) is 0 Å². The molecule has 0 N–H and O–H groups in total. The SMILES string of the molecule is CC1Cc2c(ccc3c2CC(C)CC(C)(C)C3)CC(C)(C)C1. The van der Waals surface area contributed by atoms with Gasteiger partial charge in [-0.15, -0.1) is 0 Å². The van der Waals surface area contributed by atoms with Crippen LogP contribution in [-0.2, 0) is 25.7 Å². The van der Waals surface area contributed by atoms with Gasteiger partial charge in [-0.1, -0.05) is 53.7 Å². The lowest BCUT2D eigenvalue weighted by Crippen LogP contribution is -2.16. The fraction of sp³-hybridized carbons (Fsp3) is 0.727. The lowest BCUT2D eigenvalue weighted by Gasteiger charge is -2.25. The molecule has 1 aromatic carbocycles. The Morgan fingerprint density at radius 1 is 0.727 bits per heavy atom. The summed E-state index contributed by atoms with van der Waals surface area (Å²) in [6, 6.07) is 4.94. The largest absolute Gasteiger partial charge is 0.0622 e. The van der Waals surface area contributed by atoms with Crippen LogP contribution in [0.2, 0.25) is 0 Å². The third-order valence-corrected chi connectivity index (χ3v) is 5.87. The molecule has 0 heterocycles. The van der Waals surface area contributed by atoms with Crippen molar-refractivity contribution in [2.24, 2.45) is 22.7 Å². The minimum Gasteiger partial charge on any atom is -0.0622 e. The second-order valence-corrected chi connectivity index (χ2v) is 10.0. The lowest BCUT2D eigenvalue weighted by atomic mass is 9.80. The Hall–Kier alpha value is -0.780. The molecule has 0 radical (unpaired) electrons. The summed E-state index contributed by atoms with van der Waals surface area (Å²) in [5.41, 5.74) is 7.68. The molecule has 2 atom stereocenters. The van der Waals surface area contributed by atoms with E-state index >= 15 is 0 Å². The Bertz CT molecular complexity index is 511. The molecule has 0 fully saturated rings. The maximum Gasteiger partial charge on any atom is -0.0224 e. The smallest absolute Gasteiger partial charge is 0.0224 e. The van der Waals surface area contributed by atoms with Crippen LogP contribution in [0.25, 0.3) is 0 Å². The molecule has 0 heteroatoms. The molecule has 2 unspecified atom stereocenters. The molecule has 2 aliphatic carbocycles. The van der Waals surface area contributed by atoms with Crippen molar-refractivity contribution in [3.8, 4) is 0 Å². The van der Waals surface area contributed by atoms with Gasteiger partial charge in [0, 0.05) is 0 Å². The van der Waals surface area contributed by atoms with Crippen molar-refractivity contribution in [3.05, 3.63) is 34.4 Å². The van der Waals surface area contributed by atoms with Crippen LogP contribution in [0.5, 0.6) is 0 Å². The van der Waals surface area contributed by atoms with Crippen molar-refractivity contribution in [1.29, 1.82) is 0 Å². The van der Waals surface area contributed by atoms with Crippen LogP contribution in [0.3, 0.4) is 0 Å². The van der Waals surface area contributed by atoms with Gasteiger partial charge in [-0.3, -0.25) is 0 Å². The highest BCUT2D eigenvalue weighted by Gasteiger charge is 2.32. The van der Waals surface area contributed by atoms with Crippen LogP contribution >= 0.6 is 0 Å². The number of hydrogen-bond acceptors (Lipinski definition) is 0. The third-order valence-electron chi connectivity index (χ3n) is 5.87. The van der Waals surface area contributed by atoms with Crippen molar-refractivity contribution in [3.63, 3.8) is 0 Å².